The standard InChI is InChI=1S/C20H21FN2O4/c1-26-20(25)16(21)12-13-5-4-6-14(11-13)23-19(24)18-15-7-2-3-8-17(15)27-10-9-22-18/h2-8,11,16,18,22H,9-10,12H2,1H3,(H,23,24). The minimum atomic E-state index is -1.74. The van der Waals surface area contributed by atoms with Gasteiger partial charge in [-0.15, -0.1) is 0 Å². The zero-order chi connectivity index (χ0) is 19.2. The highest BCUT2D eigenvalue weighted by molar-refractivity contribution is 5.96. The second-order valence-electron chi connectivity index (χ2n) is 6.16. The summed E-state index contributed by atoms with van der Waals surface area (Å²) >= 11 is 0. The predicted octanol–water partition coefficient (Wildman–Crippen LogP) is 2.40. The maximum absolute atomic E-state index is 13.8. The van der Waals surface area contributed by atoms with E-state index in [-0.39, 0.29) is 12.3 Å². The van der Waals surface area contributed by atoms with Crippen LogP contribution in [-0.2, 0) is 20.7 Å². The van der Waals surface area contributed by atoms with E-state index < -0.39 is 18.2 Å². The fraction of sp³-hybridized carbons (Fsp3) is 0.300. The molecular weight excluding hydrogens is 351 g/mol. The van der Waals surface area contributed by atoms with Crippen molar-refractivity contribution in [1.82, 2.24) is 5.32 Å². The molecule has 7 heteroatoms. The van der Waals surface area contributed by atoms with E-state index in [1.54, 1.807) is 24.3 Å². The Hall–Kier alpha value is -2.93. The molecule has 1 amide bonds. The monoisotopic (exact) mass is 372 g/mol. The van der Waals surface area contributed by atoms with Crippen LogP contribution in [0.25, 0.3) is 0 Å². The first-order valence-electron chi connectivity index (χ1n) is 8.65. The number of halogens is 1. The van der Waals surface area contributed by atoms with Crippen molar-refractivity contribution in [3.8, 4) is 5.75 Å². The number of anilines is 1. The molecule has 0 aliphatic carbocycles. The third kappa shape index (κ3) is 4.62. The molecule has 1 aliphatic heterocycles. The van der Waals surface area contributed by atoms with Gasteiger partial charge in [0.1, 0.15) is 18.4 Å². The molecular formula is C20H21FN2O4. The largest absolute Gasteiger partial charge is 0.492 e. The normalized spacial score (nSPS) is 17.0. The molecule has 27 heavy (non-hydrogen) atoms. The lowest BCUT2D eigenvalue weighted by Gasteiger charge is -2.17. The van der Waals surface area contributed by atoms with Crippen molar-refractivity contribution >= 4 is 17.6 Å². The fourth-order valence-electron chi connectivity index (χ4n) is 2.97. The summed E-state index contributed by atoms with van der Waals surface area (Å²) in [6, 6.07) is 13.6. The number of ether oxygens (including phenoxy) is 2. The molecule has 142 valence electrons. The van der Waals surface area contributed by atoms with Gasteiger partial charge in [0, 0.05) is 24.2 Å². The summed E-state index contributed by atoms with van der Waals surface area (Å²) in [5.74, 6) is -0.478. The van der Waals surface area contributed by atoms with Gasteiger partial charge in [0.25, 0.3) is 0 Å². The number of nitrogens with one attached hydrogen (secondary N) is 2. The van der Waals surface area contributed by atoms with Gasteiger partial charge in [-0.1, -0.05) is 30.3 Å². The number of hydrogen-bond acceptors (Lipinski definition) is 5. The van der Waals surface area contributed by atoms with E-state index in [4.69, 9.17) is 4.74 Å². The molecule has 6 nitrogen and oxygen atoms in total. The SMILES string of the molecule is COC(=O)C(F)Cc1cccc(NC(=O)C2NCCOc3ccccc32)c1. The molecule has 0 bridgehead atoms. The summed E-state index contributed by atoms with van der Waals surface area (Å²) in [7, 11) is 1.15. The Balaban J connectivity index is 1.73. The average Bonchev–Trinajstić information content (AvgIpc) is 2.90. The van der Waals surface area contributed by atoms with Gasteiger partial charge in [-0.3, -0.25) is 10.1 Å². The van der Waals surface area contributed by atoms with Crippen LogP contribution >= 0.6 is 0 Å². The molecule has 1 heterocycles. The molecule has 2 N–H and O–H groups in total. The first-order chi connectivity index (χ1) is 13.1. The van der Waals surface area contributed by atoms with Crippen molar-refractivity contribution in [2.45, 2.75) is 18.6 Å². The van der Waals surface area contributed by atoms with Gasteiger partial charge in [0.2, 0.25) is 12.1 Å². The van der Waals surface area contributed by atoms with E-state index in [2.05, 4.69) is 15.4 Å². The van der Waals surface area contributed by atoms with Crippen molar-refractivity contribution < 1.29 is 23.5 Å². The molecule has 0 saturated heterocycles. The molecule has 0 radical (unpaired) electrons. The number of rotatable bonds is 5. The zero-order valence-electron chi connectivity index (χ0n) is 14.9. The second-order valence-corrected chi connectivity index (χ2v) is 6.16. The Bertz CT molecular complexity index is 827. The lowest BCUT2D eigenvalue weighted by molar-refractivity contribution is -0.146. The van der Waals surface area contributed by atoms with Gasteiger partial charge in [-0.05, 0) is 23.8 Å². The molecule has 0 fully saturated rings. The summed E-state index contributed by atoms with van der Waals surface area (Å²) in [4.78, 5) is 24.0. The third-order valence-corrected chi connectivity index (χ3v) is 4.27. The van der Waals surface area contributed by atoms with Gasteiger partial charge in [0.15, 0.2) is 0 Å². The Kier molecular flexibility index (Phi) is 6.03. The van der Waals surface area contributed by atoms with Crippen molar-refractivity contribution in [2.24, 2.45) is 0 Å². The highest BCUT2D eigenvalue weighted by Gasteiger charge is 2.26. The summed E-state index contributed by atoms with van der Waals surface area (Å²) in [6.45, 7) is 1.01. The van der Waals surface area contributed by atoms with Crippen LogP contribution in [0.3, 0.4) is 0 Å². The number of alkyl halides is 1. The Morgan fingerprint density at radius 3 is 2.93 bits per heavy atom. The van der Waals surface area contributed by atoms with Gasteiger partial charge in [-0.2, -0.15) is 0 Å². The van der Waals surface area contributed by atoms with E-state index in [0.717, 1.165) is 12.7 Å². The molecule has 2 aromatic carbocycles. The van der Waals surface area contributed by atoms with Crippen LogP contribution in [0.5, 0.6) is 5.75 Å². The van der Waals surface area contributed by atoms with E-state index in [1.165, 1.54) is 0 Å². The summed E-state index contributed by atoms with van der Waals surface area (Å²) in [6.07, 6.45) is -1.86. The van der Waals surface area contributed by atoms with E-state index >= 15 is 0 Å². The number of esters is 1. The number of hydrogen-bond donors (Lipinski definition) is 2. The first kappa shape index (κ1) is 18.8. The van der Waals surface area contributed by atoms with Crippen LogP contribution in [0.2, 0.25) is 0 Å². The molecule has 0 spiro atoms. The third-order valence-electron chi connectivity index (χ3n) is 4.27. The summed E-state index contributed by atoms with van der Waals surface area (Å²) in [5.41, 5.74) is 1.88. The van der Waals surface area contributed by atoms with Crippen molar-refractivity contribution in [3.05, 3.63) is 59.7 Å². The lowest BCUT2D eigenvalue weighted by Crippen LogP contribution is -2.33. The Morgan fingerprint density at radius 2 is 2.11 bits per heavy atom. The number of para-hydroxylation sites is 1. The summed E-state index contributed by atoms with van der Waals surface area (Å²) in [5, 5.41) is 6.01. The minimum absolute atomic E-state index is 0.116. The smallest absolute Gasteiger partial charge is 0.340 e. The lowest BCUT2D eigenvalue weighted by atomic mass is 10.0. The van der Waals surface area contributed by atoms with Crippen LogP contribution in [0.1, 0.15) is 17.2 Å². The van der Waals surface area contributed by atoms with Gasteiger partial charge >= 0.3 is 5.97 Å². The molecule has 0 aromatic heterocycles. The van der Waals surface area contributed by atoms with Gasteiger partial charge in [0.05, 0.1) is 7.11 Å². The second kappa shape index (κ2) is 8.64. The number of benzene rings is 2. The van der Waals surface area contributed by atoms with Gasteiger partial charge in [-0.25, -0.2) is 9.18 Å². The number of fused-ring (bicyclic) bond motifs is 1. The predicted molar refractivity (Wildman–Crippen MR) is 98.4 cm³/mol. The molecule has 2 aromatic rings. The molecule has 3 rings (SSSR count). The number of carbonyl (C=O) groups is 2. The Morgan fingerprint density at radius 1 is 1.30 bits per heavy atom. The van der Waals surface area contributed by atoms with E-state index in [1.807, 2.05) is 24.3 Å². The molecule has 2 unspecified atom stereocenters. The number of amides is 1. The van der Waals surface area contributed by atoms with Crippen molar-refractivity contribution in [1.29, 1.82) is 0 Å². The van der Waals surface area contributed by atoms with Crippen LogP contribution in [0, 0.1) is 0 Å². The molecule has 1 aliphatic rings. The number of carbonyl (C=O) groups excluding carboxylic acids is 2. The first-order valence-corrected chi connectivity index (χ1v) is 8.65. The molecule has 2 atom stereocenters. The summed E-state index contributed by atoms with van der Waals surface area (Å²) < 4.78 is 23.8. The zero-order valence-corrected chi connectivity index (χ0v) is 14.9. The van der Waals surface area contributed by atoms with Crippen molar-refractivity contribution in [3.63, 3.8) is 0 Å². The topological polar surface area (TPSA) is 76.7 Å². The van der Waals surface area contributed by atoms with Crippen LogP contribution in [0.15, 0.2) is 48.5 Å². The van der Waals surface area contributed by atoms with E-state index in [9.17, 15) is 14.0 Å². The maximum Gasteiger partial charge on any atom is 0.340 e. The van der Waals surface area contributed by atoms with E-state index in [0.29, 0.717) is 30.2 Å². The highest BCUT2D eigenvalue weighted by atomic mass is 19.1. The van der Waals surface area contributed by atoms with Crippen LogP contribution in [-0.4, -0.2) is 38.3 Å². The van der Waals surface area contributed by atoms with Crippen LogP contribution in [0.4, 0.5) is 10.1 Å². The minimum Gasteiger partial charge on any atom is -0.492 e. The molecule has 0 saturated carbocycles. The maximum atomic E-state index is 13.8. The average molecular weight is 372 g/mol. The van der Waals surface area contributed by atoms with Crippen LogP contribution < -0.4 is 15.4 Å². The highest BCUT2D eigenvalue weighted by Crippen LogP contribution is 2.28. The Labute approximate surface area is 156 Å². The van der Waals surface area contributed by atoms with Gasteiger partial charge < -0.3 is 14.8 Å². The van der Waals surface area contributed by atoms with Crippen molar-refractivity contribution in [2.75, 3.05) is 25.6 Å². The fourth-order valence-corrected chi connectivity index (χ4v) is 2.97. The quantitative estimate of drug-likeness (QED) is 0.789. The number of methoxy groups -OCH3 is 1.